The minimum atomic E-state index is 0.332. The van der Waals surface area contributed by atoms with Gasteiger partial charge in [0.2, 0.25) is 0 Å². The van der Waals surface area contributed by atoms with Crippen LogP contribution >= 0.6 is 0 Å². The zero-order chi connectivity index (χ0) is 13.0. The highest BCUT2D eigenvalue weighted by molar-refractivity contribution is 5.17. The lowest BCUT2D eigenvalue weighted by molar-refractivity contribution is 0.0770. The molecule has 3 heteroatoms. The zero-order valence-corrected chi connectivity index (χ0v) is 11.7. The highest BCUT2D eigenvalue weighted by Gasteiger charge is 2.36. The van der Waals surface area contributed by atoms with Gasteiger partial charge < -0.3 is 14.5 Å². The second-order valence-electron chi connectivity index (χ2n) is 5.57. The summed E-state index contributed by atoms with van der Waals surface area (Å²) in [5.41, 5.74) is 0. The number of rotatable bonds is 8. The summed E-state index contributed by atoms with van der Waals surface area (Å²) < 4.78 is 11.3. The van der Waals surface area contributed by atoms with Crippen molar-refractivity contribution in [3.8, 4) is 0 Å². The Bertz CT molecular complexity index is 359. The maximum atomic E-state index is 5.83. The molecule has 18 heavy (non-hydrogen) atoms. The summed E-state index contributed by atoms with van der Waals surface area (Å²) >= 11 is 0. The van der Waals surface area contributed by atoms with Crippen LogP contribution in [0.2, 0.25) is 0 Å². The molecule has 1 aromatic heterocycles. The molecule has 1 N–H and O–H groups in total. The van der Waals surface area contributed by atoms with Gasteiger partial charge in [-0.1, -0.05) is 6.92 Å². The van der Waals surface area contributed by atoms with Gasteiger partial charge in [0.05, 0.1) is 12.6 Å². The molecule has 2 atom stereocenters. The molecule has 102 valence electrons. The molecule has 3 nitrogen and oxygen atoms in total. The van der Waals surface area contributed by atoms with Gasteiger partial charge in [0.1, 0.15) is 11.5 Å². The van der Waals surface area contributed by atoms with E-state index in [1.807, 2.05) is 0 Å². The third kappa shape index (κ3) is 4.14. The molecule has 0 radical (unpaired) electrons. The fourth-order valence-corrected chi connectivity index (χ4v) is 2.14. The van der Waals surface area contributed by atoms with Gasteiger partial charge in [-0.3, -0.25) is 0 Å². The van der Waals surface area contributed by atoms with E-state index >= 15 is 0 Å². The van der Waals surface area contributed by atoms with Crippen LogP contribution in [0, 0.1) is 5.92 Å². The molecular formula is C15H25NO2. The summed E-state index contributed by atoms with van der Waals surface area (Å²) in [6, 6.07) is 4.23. The van der Waals surface area contributed by atoms with Crippen molar-refractivity contribution < 1.29 is 9.15 Å². The number of hydrogen-bond acceptors (Lipinski definition) is 3. The molecule has 2 unspecified atom stereocenters. The number of furan rings is 1. The Morgan fingerprint density at radius 3 is 2.89 bits per heavy atom. The van der Waals surface area contributed by atoms with Crippen molar-refractivity contribution in [2.45, 2.75) is 52.2 Å². The Hall–Kier alpha value is -0.800. The molecule has 1 heterocycles. The first-order chi connectivity index (χ1) is 8.66. The van der Waals surface area contributed by atoms with E-state index < -0.39 is 0 Å². The molecule has 1 aromatic rings. The van der Waals surface area contributed by atoms with E-state index in [9.17, 15) is 0 Å². The molecule has 0 spiro atoms. The highest BCUT2D eigenvalue weighted by atomic mass is 16.5. The lowest BCUT2D eigenvalue weighted by Crippen LogP contribution is -2.17. The molecule has 0 aromatic carbocycles. The van der Waals surface area contributed by atoms with E-state index in [0.717, 1.165) is 37.8 Å². The predicted octanol–water partition coefficient (Wildman–Crippen LogP) is 3.31. The summed E-state index contributed by atoms with van der Waals surface area (Å²) in [6.07, 6.45) is 2.66. The highest BCUT2D eigenvalue weighted by Crippen LogP contribution is 2.47. The van der Waals surface area contributed by atoms with Gasteiger partial charge >= 0.3 is 0 Å². The summed E-state index contributed by atoms with van der Waals surface area (Å²) in [7, 11) is 0. The fourth-order valence-electron chi connectivity index (χ4n) is 2.14. The molecular weight excluding hydrogens is 226 g/mol. The van der Waals surface area contributed by atoms with Crippen molar-refractivity contribution in [1.82, 2.24) is 5.32 Å². The molecule has 1 aliphatic rings. The van der Waals surface area contributed by atoms with Crippen molar-refractivity contribution >= 4 is 0 Å². The zero-order valence-electron chi connectivity index (χ0n) is 11.7. The molecule has 2 rings (SSSR count). The smallest absolute Gasteiger partial charge is 0.117 e. The van der Waals surface area contributed by atoms with Gasteiger partial charge in [0.25, 0.3) is 0 Å². The lowest BCUT2D eigenvalue weighted by Gasteiger charge is -2.07. The van der Waals surface area contributed by atoms with Crippen LogP contribution in [0.5, 0.6) is 0 Å². The average Bonchev–Trinajstić information content (AvgIpc) is 2.88. The summed E-state index contributed by atoms with van der Waals surface area (Å²) in [5, 5.41) is 3.39. The van der Waals surface area contributed by atoms with Crippen LogP contribution < -0.4 is 5.32 Å². The topological polar surface area (TPSA) is 34.4 Å². The number of ether oxygens (including phenoxy) is 1. The fraction of sp³-hybridized carbons (Fsp3) is 0.733. The first kappa shape index (κ1) is 13.6. The van der Waals surface area contributed by atoms with Crippen LogP contribution in [-0.2, 0) is 11.3 Å². The van der Waals surface area contributed by atoms with E-state index in [1.165, 1.54) is 12.2 Å². The van der Waals surface area contributed by atoms with Crippen molar-refractivity contribution in [3.05, 3.63) is 23.7 Å². The van der Waals surface area contributed by atoms with Crippen LogP contribution in [0.1, 0.15) is 51.1 Å². The number of nitrogens with one attached hydrogen (secondary N) is 1. The van der Waals surface area contributed by atoms with Crippen LogP contribution in [0.4, 0.5) is 0 Å². The van der Waals surface area contributed by atoms with Crippen molar-refractivity contribution in [1.29, 1.82) is 0 Å². The molecule has 0 aliphatic heterocycles. The van der Waals surface area contributed by atoms with Crippen LogP contribution in [0.25, 0.3) is 0 Å². The SMILES string of the molecule is CC(C)OCCCNCc1ccc(C2CC2C)o1. The minimum Gasteiger partial charge on any atom is -0.464 e. The van der Waals surface area contributed by atoms with E-state index in [0.29, 0.717) is 12.0 Å². The van der Waals surface area contributed by atoms with Crippen molar-refractivity contribution in [3.63, 3.8) is 0 Å². The summed E-state index contributed by atoms with van der Waals surface area (Å²) in [6.45, 7) is 9.03. The molecule has 0 amide bonds. The van der Waals surface area contributed by atoms with Gasteiger partial charge in [-0.15, -0.1) is 0 Å². The first-order valence-corrected chi connectivity index (χ1v) is 7.07. The Morgan fingerprint density at radius 1 is 1.44 bits per heavy atom. The predicted molar refractivity (Wildman–Crippen MR) is 72.6 cm³/mol. The normalized spacial score (nSPS) is 22.7. The second-order valence-corrected chi connectivity index (χ2v) is 5.57. The maximum absolute atomic E-state index is 5.83. The quantitative estimate of drug-likeness (QED) is 0.720. The summed E-state index contributed by atoms with van der Waals surface area (Å²) in [4.78, 5) is 0. The lowest BCUT2D eigenvalue weighted by atomic mass is 10.3. The van der Waals surface area contributed by atoms with Crippen molar-refractivity contribution in [2.24, 2.45) is 5.92 Å². The standard InChI is InChI=1S/C15H25NO2/c1-11(2)17-8-4-7-16-10-13-5-6-15(18-13)14-9-12(14)3/h5-6,11-12,14,16H,4,7-10H2,1-3H3. The molecule has 0 saturated heterocycles. The monoisotopic (exact) mass is 251 g/mol. The third-order valence-electron chi connectivity index (χ3n) is 3.41. The van der Waals surface area contributed by atoms with E-state index in [-0.39, 0.29) is 0 Å². The molecule has 0 bridgehead atoms. The Morgan fingerprint density at radius 2 is 2.22 bits per heavy atom. The molecule has 1 aliphatic carbocycles. The van der Waals surface area contributed by atoms with E-state index in [1.54, 1.807) is 0 Å². The largest absolute Gasteiger partial charge is 0.464 e. The van der Waals surface area contributed by atoms with Crippen molar-refractivity contribution in [2.75, 3.05) is 13.2 Å². The third-order valence-corrected chi connectivity index (χ3v) is 3.41. The van der Waals surface area contributed by atoms with Gasteiger partial charge in [-0.25, -0.2) is 0 Å². The molecule has 1 saturated carbocycles. The minimum absolute atomic E-state index is 0.332. The van der Waals surface area contributed by atoms with Gasteiger partial charge in [-0.2, -0.15) is 0 Å². The Kier molecular flexibility index (Phi) is 4.84. The molecule has 1 fully saturated rings. The second kappa shape index (κ2) is 6.39. The van der Waals surface area contributed by atoms with Gasteiger partial charge in [0, 0.05) is 12.5 Å². The van der Waals surface area contributed by atoms with Crippen LogP contribution in [-0.4, -0.2) is 19.3 Å². The Labute approximate surface area is 110 Å². The van der Waals surface area contributed by atoms with Gasteiger partial charge in [-0.05, 0) is 51.3 Å². The van der Waals surface area contributed by atoms with Gasteiger partial charge in [0.15, 0.2) is 0 Å². The van der Waals surface area contributed by atoms with Crippen LogP contribution in [0.15, 0.2) is 16.5 Å². The van der Waals surface area contributed by atoms with E-state index in [4.69, 9.17) is 9.15 Å². The summed E-state index contributed by atoms with van der Waals surface area (Å²) in [5.74, 6) is 3.71. The maximum Gasteiger partial charge on any atom is 0.117 e. The van der Waals surface area contributed by atoms with Crippen LogP contribution in [0.3, 0.4) is 0 Å². The Balaban J connectivity index is 1.57. The first-order valence-electron chi connectivity index (χ1n) is 7.07. The number of hydrogen-bond donors (Lipinski definition) is 1. The average molecular weight is 251 g/mol. The van der Waals surface area contributed by atoms with E-state index in [2.05, 4.69) is 38.2 Å².